The minimum absolute atomic E-state index is 0.995. The third kappa shape index (κ3) is 9.84. The molecule has 0 saturated carbocycles. The summed E-state index contributed by atoms with van der Waals surface area (Å²) >= 11 is 0. The molecule has 0 heterocycles. The molecule has 0 amide bonds. The summed E-state index contributed by atoms with van der Waals surface area (Å²) in [6, 6.07) is 0. The Morgan fingerprint density at radius 3 is 0.810 bits per heavy atom. The van der Waals surface area contributed by atoms with Gasteiger partial charge in [-0.05, 0) is 77.7 Å². The average molecular weight is 312 g/mol. The van der Waals surface area contributed by atoms with E-state index in [1.807, 2.05) is 55.4 Å². The summed E-state index contributed by atoms with van der Waals surface area (Å²) in [5, 5.41) is 0. The quantitative estimate of drug-likeness (QED) is 0.457. The van der Waals surface area contributed by atoms with Gasteiger partial charge >= 0.3 is 9.05 Å². The number of hydrogen-bond acceptors (Lipinski definition) is 4. The fourth-order valence-corrected chi connectivity index (χ4v) is 2.78. The molecule has 120 valence electrons. The largest absolute Gasteiger partial charge is 0.965 e. The van der Waals surface area contributed by atoms with Crippen molar-refractivity contribution in [2.45, 2.75) is 55.4 Å². The fraction of sp³-hybridized carbons (Fsp3) is 0.500. The molecule has 0 aromatic rings. The first-order valence-electron chi connectivity index (χ1n) is 6.91. The average Bonchev–Trinajstić information content (AvgIpc) is 2.36. The third-order valence-electron chi connectivity index (χ3n) is 1.76. The van der Waals surface area contributed by atoms with Gasteiger partial charge in [-0.25, -0.2) is 0 Å². The first-order chi connectivity index (χ1) is 9.67. The Morgan fingerprint density at radius 2 is 0.667 bits per heavy atom. The van der Waals surface area contributed by atoms with Crippen molar-refractivity contribution in [3.63, 3.8) is 0 Å². The second kappa shape index (κ2) is 9.34. The van der Waals surface area contributed by atoms with Gasteiger partial charge in [0.25, 0.3) is 0 Å². The van der Waals surface area contributed by atoms with E-state index in [0.29, 0.717) is 0 Å². The minimum Gasteiger partial charge on any atom is -0.459 e. The zero-order valence-corrected chi connectivity index (χ0v) is 15.4. The monoisotopic (exact) mass is 312 g/mol. The molecule has 0 aliphatic rings. The lowest BCUT2D eigenvalue weighted by Gasteiger charge is -2.23. The lowest BCUT2D eigenvalue weighted by atomic mass is 10.4. The summed E-state index contributed by atoms with van der Waals surface area (Å²) in [4.78, 5) is 0. The Bertz CT molecular complexity index is 346. The normalized spacial score (nSPS) is 9.90. The summed E-state index contributed by atoms with van der Waals surface area (Å²) in [6.07, 6.45) is 6.40. The van der Waals surface area contributed by atoms with Gasteiger partial charge in [0.15, 0.2) is 0 Å². The fourth-order valence-electron chi connectivity index (χ4n) is 0.927. The molecule has 0 aliphatic heterocycles. The van der Waals surface area contributed by atoms with E-state index in [2.05, 4.69) is 0 Å². The van der Waals surface area contributed by atoms with Gasteiger partial charge in [0.05, 0.1) is 25.0 Å². The van der Waals surface area contributed by atoms with Crippen LogP contribution in [0.5, 0.6) is 0 Å². The van der Waals surface area contributed by atoms with E-state index in [-0.39, 0.29) is 0 Å². The molecule has 21 heavy (non-hydrogen) atoms. The second-order valence-electron chi connectivity index (χ2n) is 5.75. The summed E-state index contributed by atoms with van der Waals surface area (Å²) in [5.74, 6) is 0. The molecular formula is C16H28O4Si. The summed E-state index contributed by atoms with van der Waals surface area (Å²) < 4.78 is 22.9. The van der Waals surface area contributed by atoms with Gasteiger partial charge in [-0.1, -0.05) is 0 Å². The first kappa shape index (κ1) is 19.4. The minimum atomic E-state index is -3.35. The predicted molar refractivity (Wildman–Crippen MR) is 87.8 cm³/mol. The molecule has 0 rings (SSSR count). The predicted octanol–water partition coefficient (Wildman–Crippen LogP) is 5.18. The summed E-state index contributed by atoms with van der Waals surface area (Å²) in [6.45, 7) is 15.5. The van der Waals surface area contributed by atoms with Crippen molar-refractivity contribution in [2.24, 2.45) is 0 Å². The molecule has 0 aromatic carbocycles. The van der Waals surface area contributed by atoms with Crippen LogP contribution in [0, 0.1) is 0 Å². The molecule has 0 atom stereocenters. The van der Waals surface area contributed by atoms with Crippen molar-refractivity contribution >= 4 is 9.05 Å². The van der Waals surface area contributed by atoms with Crippen LogP contribution in [0.15, 0.2) is 47.3 Å². The number of allylic oxidation sites excluding steroid dienone is 4. The van der Waals surface area contributed by atoms with E-state index in [1.165, 1.54) is 0 Å². The maximum absolute atomic E-state index is 5.72. The van der Waals surface area contributed by atoms with E-state index < -0.39 is 9.05 Å². The zero-order valence-electron chi connectivity index (χ0n) is 14.4. The SMILES string of the molecule is CC(C)=CO[Si](OC=C(C)C)(OC=C(C)C)OC=C(C)C. The molecule has 0 unspecified atom stereocenters. The molecule has 0 fully saturated rings. The molecule has 0 spiro atoms. The Kier molecular flexibility index (Phi) is 8.62. The third-order valence-corrected chi connectivity index (χ3v) is 3.38. The van der Waals surface area contributed by atoms with E-state index in [4.69, 9.17) is 17.7 Å². The van der Waals surface area contributed by atoms with Crippen molar-refractivity contribution in [3.05, 3.63) is 47.3 Å². The highest BCUT2D eigenvalue weighted by Gasteiger charge is 2.54. The van der Waals surface area contributed by atoms with Crippen LogP contribution < -0.4 is 0 Å². The molecule has 0 radical (unpaired) electrons. The maximum atomic E-state index is 5.72. The van der Waals surface area contributed by atoms with Gasteiger partial charge in [-0.2, -0.15) is 0 Å². The van der Waals surface area contributed by atoms with Crippen molar-refractivity contribution in [2.75, 3.05) is 0 Å². The van der Waals surface area contributed by atoms with Crippen molar-refractivity contribution in [1.82, 2.24) is 0 Å². The van der Waals surface area contributed by atoms with Crippen LogP contribution in [-0.2, 0) is 17.7 Å². The molecule has 4 nitrogen and oxygen atoms in total. The molecule has 0 aromatic heterocycles. The van der Waals surface area contributed by atoms with Crippen LogP contribution in [-0.4, -0.2) is 9.05 Å². The Morgan fingerprint density at radius 1 is 0.476 bits per heavy atom. The molecule has 5 heteroatoms. The van der Waals surface area contributed by atoms with Crippen molar-refractivity contribution in [3.8, 4) is 0 Å². The molecule has 0 saturated heterocycles. The summed E-state index contributed by atoms with van der Waals surface area (Å²) in [7, 11) is -3.35. The second-order valence-corrected chi connectivity index (χ2v) is 7.70. The lowest BCUT2D eigenvalue weighted by molar-refractivity contribution is 0.0747. The molecule has 0 aliphatic carbocycles. The van der Waals surface area contributed by atoms with Crippen LogP contribution in [0.3, 0.4) is 0 Å². The molecule has 0 N–H and O–H groups in total. The van der Waals surface area contributed by atoms with Crippen molar-refractivity contribution < 1.29 is 17.7 Å². The standard InChI is InChI=1S/C16H28O4Si/c1-13(2)9-17-21(18-10-14(3)4,19-11-15(5)6)20-12-16(7)8/h9-12H,1-8H3. The van der Waals surface area contributed by atoms with Gasteiger partial charge in [0.2, 0.25) is 0 Å². The Labute approximate surface area is 130 Å². The maximum Gasteiger partial charge on any atom is 0.965 e. The Hall–Kier alpha value is -1.62. The molecule has 0 bridgehead atoms. The number of hydrogen-bond donors (Lipinski definition) is 0. The van der Waals surface area contributed by atoms with Gasteiger partial charge in [-0.15, -0.1) is 0 Å². The topological polar surface area (TPSA) is 36.9 Å². The Balaban J connectivity index is 5.44. The lowest BCUT2D eigenvalue weighted by Crippen LogP contribution is -2.44. The zero-order chi connectivity index (χ0) is 16.5. The highest BCUT2D eigenvalue weighted by atomic mass is 28.4. The van der Waals surface area contributed by atoms with Gasteiger partial charge in [-0.3, -0.25) is 0 Å². The van der Waals surface area contributed by atoms with Gasteiger partial charge < -0.3 is 17.7 Å². The van der Waals surface area contributed by atoms with Gasteiger partial charge in [0, 0.05) is 0 Å². The van der Waals surface area contributed by atoms with Crippen LogP contribution in [0.2, 0.25) is 0 Å². The first-order valence-corrected chi connectivity index (χ1v) is 8.55. The smallest absolute Gasteiger partial charge is 0.459 e. The van der Waals surface area contributed by atoms with Crippen LogP contribution in [0.25, 0.3) is 0 Å². The highest BCUT2D eigenvalue weighted by Crippen LogP contribution is 2.17. The van der Waals surface area contributed by atoms with Crippen LogP contribution in [0.1, 0.15) is 55.4 Å². The van der Waals surface area contributed by atoms with E-state index in [1.54, 1.807) is 25.0 Å². The van der Waals surface area contributed by atoms with Gasteiger partial charge in [0.1, 0.15) is 0 Å². The van der Waals surface area contributed by atoms with E-state index >= 15 is 0 Å². The molecular weight excluding hydrogens is 284 g/mol. The number of rotatable bonds is 8. The van der Waals surface area contributed by atoms with E-state index in [9.17, 15) is 0 Å². The van der Waals surface area contributed by atoms with Crippen molar-refractivity contribution in [1.29, 1.82) is 0 Å². The van der Waals surface area contributed by atoms with Crippen LogP contribution in [0.4, 0.5) is 0 Å². The highest BCUT2D eigenvalue weighted by molar-refractivity contribution is 6.54. The van der Waals surface area contributed by atoms with E-state index in [0.717, 1.165) is 22.3 Å². The summed E-state index contributed by atoms with van der Waals surface area (Å²) in [5.41, 5.74) is 3.98. The van der Waals surface area contributed by atoms with Crippen LogP contribution >= 0.6 is 0 Å².